The van der Waals surface area contributed by atoms with Crippen LogP contribution in [0.25, 0.3) is 0 Å². The molecular formula is C25H38N4O2Si. The van der Waals surface area contributed by atoms with Crippen LogP contribution >= 0.6 is 0 Å². The molecule has 4 rings (SSSR count). The highest BCUT2D eigenvalue weighted by Crippen LogP contribution is 2.38. The zero-order valence-electron chi connectivity index (χ0n) is 20.1. The largest absolute Gasteiger partial charge is 0.417 e. The summed E-state index contributed by atoms with van der Waals surface area (Å²) in [6.07, 6.45) is 5.02. The maximum absolute atomic E-state index is 10.7. The van der Waals surface area contributed by atoms with Crippen molar-refractivity contribution in [1.29, 1.82) is 0 Å². The molecule has 174 valence electrons. The van der Waals surface area contributed by atoms with Gasteiger partial charge in [-0.1, -0.05) is 45.0 Å². The van der Waals surface area contributed by atoms with Crippen LogP contribution in [-0.2, 0) is 10.8 Å². The summed E-state index contributed by atoms with van der Waals surface area (Å²) in [5.74, 6) is 1.93. The van der Waals surface area contributed by atoms with Crippen LogP contribution in [0.1, 0.15) is 57.2 Å². The summed E-state index contributed by atoms with van der Waals surface area (Å²) in [7, 11) is -1.77. The molecule has 1 fully saturated rings. The number of hydrogen-bond acceptors (Lipinski definition) is 6. The van der Waals surface area contributed by atoms with E-state index in [1.165, 1.54) is 11.1 Å². The van der Waals surface area contributed by atoms with Crippen molar-refractivity contribution in [2.75, 3.05) is 17.2 Å². The summed E-state index contributed by atoms with van der Waals surface area (Å²) in [5, 5.41) is 17.9. The van der Waals surface area contributed by atoms with E-state index < -0.39 is 14.4 Å². The Morgan fingerprint density at radius 1 is 1.09 bits per heavy atom. The number of rotatable bonds is 7. The fraction of sp³-hybridized carbons (Fsp3) is 0.600. The summed E-state index contributed by atoms with van der Waals surface area (Å²) in [6, 6.07) is 10.8. The first-order valence-corrected chi connectivity index (χ1v) is 14.8. The molecule has 0 aliphatic heterocycles. The van der Waals surface area contributed by atoms with Crippen LogP contribution < -0.4 is 10.6 Å². The van der Waals surface area contributed by atoms with Gasteiger partial charge in [-0.25, -0.2) is 9.97 Å². The molecule has 6 nitrogen and oxygen atoms in total. The maximum atomic E-state index is 10.7. The summed E-state index contributed by atoms with van der Waals surface area (Å²) < 4.78 is 6.41. The molecule has 3 N–H and O–H groups in total. The van der Waals surface area contributed by atoms with Crippen LogP contribution in [0.15, 0.2) is 36.7 Å². The summed E-state index contributed by atoms with van der Waals surface area (Å²) >= 11 is 0. The number of hydrogen-bond donors (Lipinski definition) is 3. The molecule has 4 atom stereocenters. The van der Waals surface area contributed by atoms with E-state index in [0.717, 1.165) is 43.9 Å². The molecule has 2 aliphatic carbocycles. The maximum Gasteiger partial charge on any atom is 0.191 e. The Bertz CT molecular complexity index is 930. The van der Waals surface area contributed by atoms with Crippen LogP contribution in [0.4, 0.5) is 11.6 Å². The molecule has 2 aliphatic rings. The second-order valence-electron chi connectivity index (χ2n) is 10.9. The SMILES string of the molecule is CC(C)(C)[Si](C)(C)OC[C@H]1C[C@@H](O)[C@H](Nc2cc(N[C@H]3CCc4ccccc43)ncn2)C1. The van der Waals surface area contributed by atoms with Gasteiger partial charge in [0.05, 0.1) is 18.2 Å². The number of fused-ring (bicyclic) bond motifs is 1. The zero-order chi connectivity index (χ0) is 22.9. The average molecular weight is 455 g/mol. The van der Waals surface area contributed by atoms with Gasteiger partial charge in [0, 0.05) is 12.7 Å². The molecule has 0 saturated heterocycles. The van der Waals surface area contributed by atoms with Crippen molar-refractivity contribution >= 4 is 20.0 Å². The predicted octanol–water partition coefficient (Wildman–Crippen LogP) is 5.15. The summed E-state index contributed by atoms with van der Waals surface area (Å²) in [5.41, 5.74) is 2.77. The Morgan fingerprint density at radius 3 is 2.56 bits per heavy atom. The Morgan fingerprint density at radius 2 is 1.81 bits per heavy atom. The van der Waals surface area contributed by atoms with Crippen LogP contribution in [0.3, 0.4) is 0 Å². The second kappa shape index (κ2) is 9.12. The molecule has 0 amide bonds. The van der Waals surface area contributed by atoms with Crippen LogP contribution in [0.5, 0.6) is 0 Å². The Hall–Kier alpha value is -1.96. The molecule has 32 heavy (non-hydrogen) atoms. The molecule has 0 unspecified atom stereocenters. The quantitative estimate of drug-likeness (QED) is 0.502. The van der Waals surface area contributed by atoms with Crippen LogP contribution in [0.2, 0.25) is 18.1 Å². The summed E-state index contributed by atoms with van der Waals surface area (Å²) in [4.78, 5) is 8.82. The molecule has 1 saturated carbocycles. The number of nitrogens with zero attached hydrogens (tertiary/aromatic N) is 2. The predicted molar refractivity (Wildman–Crippen MR) is 132 cm³/mol. The Kier molecular flexibility index (Phi) is 6.61. The van der Waals surface area contributed by atoms with E-state index in [4.69, 9.17) is 4.43 Å². The second-order valence-corrected chi connectivity index (χ2v) is 15.8. The van der Waals surface area contributed by atoms with Gasteiger partial charge in [0.25, 0.3) is 0 Å². The monoisotopic (exact) mass is 454 g/mol. The molecule has 7 heteroatoms. The van der Waals surface area contributed by atoms with Crippen molar-refractivity contribution in [2.24, 2.45) is 5.92 Å². The van der Waals surface area contributed by atoms with E-state index in [1.807, 2.05) is 6.07 Å². The molecule has 0 radical (unpaired) electrons. The van der Waals surface area contributed by atoms with E-state index in [1.54, 1.807) is 6.33 Å². The Balaban J connectivity index is 1.34. The number of aromatic nitrogens is 2. The molecule has 0 spiro atoms. The van der Waals surface area contributed by atoms with Gasteiger partial charge in [0.2, 0.25) is 0 Å². The highest BCUT2D eigenvalue weighted by Gasteiger charge is 2.39. The van der Waals surface area contributed by atoms with Crippen molar-refractivity contribution in [3.63, 3.8) is 0 Å². The van der Waals surface area contributed by atoms with E-state index in [2.05, 4.69) is 78.7 Å². The number of aryl methyl sites for hydroxylation is 1. The first kappa shape index (κ1) is 23.2. The number of aliphatic hydroxyl groups is 1. The molecule has 1 aromatic heterocycles. The number of anilines is 2. The number of aliphatic hydroxyl groups excluding tert-OH is 1. The number of nitrogens with one attached hydrogen (secondary N) is 2. The van der Waals surface area contributed by atoms with E-state index >= 15 is 0 Å². The van der Waals surface area contributed by atoms with Gasteiger partial charge in [-0.15, -0.1) is 0 Å². The lowest BCUT2D eigenvalue weighted by molar-refractivity contribution is 0.158. The van der Waals surface area contributed by atoms with Crippen LogP contribution in [0, 0.1) is 5.92 Å². The van der Waals surface area contributed by atoms with Crippen molar-refractivity contribution in [1.82, 2.24) is 9.97 Å². The van der Waals surface area contributed by atoms with Gasteiger partial charge in [-0.05, 0) is 60.9 Å². The van der Waals surface area contributed by atoms with E-state index in [9.17, 15) is 5.11 Å². The first-order valence-electron chi connectivity index (χ1n) is 11.9. The first-order chi connectivity index (χ1) is 15.1. The third-order valence-corrected chi connectivity index (χ3v) is 12.1. The normalized spacial score (nSPS) is 25.6. The highest BCUT2D eigenvalue weighted by atomic mass is 28.4. The fourth-order valence-corrected chi connectivity index (χ4v) is 5.63. The van der Waals surface area contributed by atoms with Gasteiger partial charge < -0.3 is 20.2 Å². The van der Waals surface area contributed by atoms with Crippen molar-refractivity contribution in [3.05, 3.63) is 47.8 Å². The number of benzene rings is 1. The lowest BCUT2D eigenvalue weighted by atomic mass is 10.1. The summed E-state index contributed by atoms with van der Waals surface area (Å²) in [6.45, 7) is 12.1. The topological polar surface area (TPSA) is 79.3 Å². The highest BCUT2D eigenvalue weighted by molar-refractivity contribution is 6.74. The van der Waals surface area contributed by atoms with Gasteiger partial charge in [-0.2, -0.15) is 0 Å². The molecule has 0 bridgehead atoms. The minimum absolute atomic E-state index is 0.0158. The molecule has 2 aromatic rings. The van der Waals surface area contributed by atoms with Crippen LogP contribution in [-0.4, -0.2) is 42.1 Å². The molecular weight excluding hydrogens is 416 g/mol. The third kappa shape index (κ3) is 5.16. The van der Waals surface area contributed by atoms with Crippen molar-refractivity contribution in [2.45, 2.75) is 82.8 Å². The van der Waals surface area contributed by atoms with Crippen molar-refractivity contribution < 1.29 is 9.53 Å². The van der Waals surface area contributed by atoms with Gasteiger partial charge in [0.15, 0.2) is 8.32 Å². The molecule has 1 heterocycles. The third-order valence-electron chi connectivity index (χ3n) is 7.57. The standard InChI is InChI=1S/C25H38N4O2Si/c1-25(2,3)32(4,5)31-15-17-12-21(22(30)13-17)29-24-14-23(26-16-27-24)28-20-11-10-18-8-6-7-9-19(18)20/h6-9,14,16-17,20-22,30H,10-13,15H2,1-5H3,(H2,26,27,28,29)/t17-,20+,21-,22-/m1/s1. The van der Waals surface area contributed by atoms with E-state index in [-0.39, 0.29) is 17.1 Å². The van der Waals surface area contributed by atoms with E-state index in [0.29, 0.717) is 5.92 Å². The van der Waals surface area contributed by atoms with Gasteiger partial charge >= 0.3 is 0 Å². The van der Waals surface area contributed by atoms with Gasteiger partial charge in [-0.3, -0.25) is 0 Å². The van der Waals surface area contributed by atoms with Gasteiger partial charge in [0.1, 0.15) is 18.0 Å². The fourth-order valence-electron chi connectivity index (χ4n) is 4.54. The lowest BCUT2D eigenvalue weighted by Crippen LogP contribution is -2.41. The minimum atomic E-state index is -1.77. The van der Waals surface area contributed by atoms with Crippen molar-refractivity contribution in [3.8, 4) is 0 Å². The lowest BCUT2D eigenvalue weighted by Gasteiger charge is -2.37. The minimum Gasteiger partial charge on any atom is -0.417 e. The smallest absolute Gasteiger partial charge is 0.191 e. The Labute approximate surface area is 193 Å². The molecule has 1 aromatic carbocycles. The average Bonchev–Trinajstić information content (AvgIpc) is 3.29. The zero-order valence-corrected chi connectivity index (χ0v) is 21.1.